The van der Waals surface area contributed by atoms with E-state index >= 15 is 0 Å². The van der Waals surface area contributed by atoms with Crippen molar-refractivity contribution in [1.29, 1.82) is 0 Å². The maximum absolute atomic E-state index is 10.7. The van der Waals surface area contributed by atoms with E-state index < -0.39 is 5.97 Å². The van der Waals surface area contributed by atoms with Gasteiger partial charge in [-0.05, 0) is 19.3 Å². The lowest BCUT2D eigenvalue weighted by Crippen LogP contribution is -2.12. The predicted octanol–water partition coefficient (Wildman–Crippen LogP) is 5.60. The molecule has 4 nitrogen and oxygen atoms in total. The van der Waals surface area contributed by atoms with Gasteiger partial charge in [0.2, 0.25) is 5.91 Å². The minimum Gasteiger partial charge on any atom is -0.481 e. The first-order valence-corrected chi connectivity index (χ1v) is 9.65. The summed E-state index contributed by atoms with van der Waals surface area (Å²) in [6.45, 7) is 7.88. The minimum atomic E-state index is -0.693. The van der Waals surface area contributed by atoms with Gasteiger partial charge in [0.25, 0.3) is 0 Å². The Morgan fingerprint density at radius 1 is 0.750 bits per heavy atom. The molecule has 0 aliphatic carbocycles. The molecule has 0 saturated carbocycles. The summed E-state index contributed by atoms with van der Waals surface area (Å²) in [7, 11) is 0. The van der Waals surface area contributed by atoms with Crippen molar-refractivity contribution in [3.63, 3.8) is 0 Å². The molecule has 0 rings (SSSR count). The summed E-state index contributed by atoms with van der Waals surface area (Å²) in [5.41, 5.74) is 5.69. The van der Waals surface area contributed by atoms with Crippen molar-refractivity contribution in [2.75, 3.05) is 0 Å². The first-order chi connectivity index (χ1) is 11.5. The summed E-state index contributed by atoms with van der Waals surface area (Å²) >= 11 is 0. The SMILES string of the molecule is C=C(CCCCCCCCCCCC)C(N)=O.CCCCC(=O)O. The maximum Gasteiger partial charge on any atom is 0.303 e. The van der Waals surface area contributed by atoms with Gasteiger partial charge in [-0.15, -0.1) is 0 Å². The van der Waals surface area contributed by atoms with Crippen LogP contribution in [-0.4, -0.2) is 17.0 Å². The third-order valence-corrected chi connectivity index (χ3v) is 3.92. The van der Waals surface area contributed by atoms with Gasteiger partial charge in [-0.2, -0.15) is 0 Å². The smallest absolute Gasteiger partial charge is 0.303 e. The molecule has 0 bridgehead atoms. The normalized spacial score (nSPS) is 9.92. The number of carboxylic acids is 1. The van der Waals surface area contributed by atoms with Crippen molar-refractivity contribution in [3.8, 4) is 0 Å². The van der Waals surface area contributed by atoms with Crippen molar-refractivity contribution in [2.24, 2.45) is 5.73 Å². The Morgan fingerprint density at radius 2 is 1.17 bits per heavy atom. The molecule has 0 unspecified atom stereocenters. The number of hydrogen-bond acceptors (Lipinski definition) is 2. The third-order valence-electron chi connectivity index (χ3n) is 3.92. The fourth-order valence-corrected chi connectivity index (χ4v) is 2.28. The molecule has 0 aliphatic heterocycles. The summed E-state index contributed by atoms with van der Waals surface area (Å²) in [6, 6.07) is 0. The van der Waals surface area contributed by atoms with Gasteiger partial charge in [-0.1, -0.05) is 84.6 Å². The standard InChI is InChI=1S/C15H29NO.C5H10O2/c1-3-4-5-6-7-8-9-10-11-12-13-14(2)15(16)17;1-2-3-4-5(6)7/h2-13H2,1H3,(H2,16,17);2-4H2,1H3,(H,6,7). The second-order valence-corrected chi connectivity index (χ2v) is 6.40. The van der Waals surface area contributed by atoms with Crippen molar-refractivity contribution in [1.82, 2.24) is 0 Å². The van der Waals surface area contributed by atoms with Crippen LogP contribution in [0.1, 0.15) is 104 Å². The van der Waals surface area contributed by atoms with E-state index in [0.717, 1.165) is 25.7 Å². The number of rotatable bonds is 15. The monoisotopic (exact) mass is 341 g/mol. The largest absolute Gasteiger partial charge is 0.481 e. The number of aliphatic carboxylic acids is 1. The molecule has 142 valence electrons. The third kappa shape index (κ3) is 23.0. The second-order valence-electron chi connectivity index (χ2n) is 6.40. The molecule has 0 aromatic rings. The number of carbonyl (C=O) groups is 2. The fourth-order valence-electron chi connectivity index (χ4n) is 2.28. The van der Waals surface area contributed by atoms with Gasteiger partial charge in [-0.3, -0.25) is 9.59 Å². The number of amides is 1. The number of unbranched alkanes of at least 4 members (excludes halogenated alkanes) is 10. The molecule has 1 amide bonds. The number of hydrogen-bond donors (Lipinski definition) is 2. The molecule has 0 spiro atoms. The molecule has 0 aliphatic rings. The Labute approximate surface area is 148 Å². The first kappa shape index (κ1) is 24.9. The van der Waals surface area contributed by atoms with Crippen LogP contribution >= 0.6 is 0 Å². The van der Waals surface area contributed by atoms with Crippen LogP contribution in [0.4, 0.5) is 0 Å². The van der Waals surface area contributed by atoms with E-state index in [-0.39, 0.29) is 5.91 Å². The predicted molar refractivity (Wildman–Crippen MR) is 102 cm³/mol. The second kappa shape index (κ2) is 19.7. The fraction of sp³-hybridized carbons (Fsp3) is 0.800. The van der Waals surface area contributed by atoms with Crippen LogP contribution in [0.3, 0.4) is 0 Å². The van der Waals surface area contributed by atoms with Crippen molar-refractivity contribution in [3.05, 3.63) is 12.2 Å². The zero-order valence-electron chi connectivity index (χ0n) is 15.9. The highest BCUT2D eigenvalue weighted by atomic mass is 16.4. The Kier molecular flexibility index (Phi) is 20.5. The lowest BCUT2D eigenvalue weighted by Gasteiger charge is -2.03. The Balaban J connectivity index is 0. The van der Waals surface area contributed by atoms with Crippen molar-refractivity contribution >= 4 is 11.9 Å². The molecular weight excluding hydrogens is 302 g/mol. The van der Waals surface area contributed by atoms with Gasteiger partial charge in [0.05, 0.1) is 0 Å². The van der Waals surface area contributed by atoms with Gasteiger partial charge in [0, 0.05) is 12.0 Å². The molecule has 4 heteroatoms. The molecule has 0 atom stereocenters. The van der Waals surface area contributed by atoms with Gasteiger partial charge in [0.1, 0.15) is 0 Å². The van der Waals surface area contributed by atoms with Crippen LogP contribution in [0.2, 0.25) is 0 Å². The van der Waals surface area contributed by atoms with Crippen LogP contribution < -0.4 is 5.73 Å². The number of nitrogens with two attached hydrogens (primary N) is 1. The Morgan fingerprint density at radius 3 is 1.50 bits per heavy atom. The zero-order chi connectivity index (χ0) is 18.6. The average Bonchev–Trinajstić information content (AvgIpc) is 2.54. The molecule has 3 N–H and O–H groups in total. The van der Waals surface area contributed by atoms with Crippen LogP contribution in [0.25, 0.3) is 0 Å². The van der Waals surface area contributed by atoms with Crippen LogP contribution in [0.5, 0.6) is 0 Å². The Bertz CT molecular complexity index is 327. The summed E-state index contributed by atoms with van der Waals surface area (Å²) in [5, 5.41) is 8.04. The van der Waals surface area contributed by atoms with Crippen LogP contribution in [0, 0.1) is 0 Å². The summed E-state index contributed by atoms with van der Waals surface area (Å²) < 4.78 is 0. The van der Waals surface area contributed by atoms with E-state index in [1.54, 1.807) is 0 Å². The number of primary amides is 1. The van der Waals surface area contributed by atoms with Gasteiger partial charge in [-0.25, -0.2) is 0 Å². The van der Waals surface area contributed by atoms with E-state index in [0.29, 0.717) is 12.0 Å². The molecule has 0 fully saturated rings. The van der Waals surface area contributed by atoms with Gasteiger partial charge < -0.3 is 10.8 Å². The molecule has 0 heterocycles. The average molecular weight is 342 g/mol. The van der Waals surface area contributed by atoms with E-state index in [9.17, 15) is 9.59 Å². The van der Waals surface area contributed by atoms with Crippen LogP contribution in [0.15, 0.2) is 12.2 Å². The quantitative estimate of drug-likeness (QED) is 0.300. The highest BCUT2D eigenvalue weighted by Gasteiger charge is 2.00. The minimum absolute atomic E-state index is 0.316. The summed E-state index contributed by atoms with van der Waals surface area (Å²) in [6.07, 6.45) is 16.0. The highest BCUT2D eigenvalue weighted by molar-refractivity contribution is 5.91. The molecule has 0 saturated heterocycles. The van der Waals surface area contributed by atoms with E-state index in [1.807, 2.05) is 6.92 Å². The van der Waals surface area contributed by atoms with Gasteiger partial charge in [0.15, 0.2) is 0 Å². The summed E-state index contributed by atoms with van der Waals surface area (Å²) in [5.74, 6) is -1.04. The Hall–Kier alpha value is -1.32. The van der Waals surface area contributed by atoms with Gasteiger partial charge >= 0.3 is 5.97 Å². The molecule has 0 aromatic heterocycles. The van der Waals surface area contributed by atoms with E-state index in [1.165, 1.54) is 57.8 Å². The number of carbonyl (C=O) groups excluding carboxylic acids is 1. The topological polar surface area (TPSA) is 80.4 Å². The highest BCUT2D eigenvalue weighted by Crippen LogP contribution is 2.12. The maximum atomic E-state index is 10.7. The molecular formula is C20H39NO3. The first-order valence-electron chi connectivity index (χ1n) is 9.65. The van der Waals surface area contributed by atoms with E-state index in [4.69, 9.17) is 10.8 Å². The zero-order valence-corrected chi connectivity index (χ0v) is 15.9. The lowest BCUT2D eigenvalue weighted by molar-refractivity contribution is -0.137. The number of carboxylic acid groups (broad SMARTS) is 1. The summed E-state index contributed by atoms with van der Waals surface area (Å²) in [4.78, 5) is 20.5. The molecule has 24 heavy (non-hydrogen) atoms. The van der Waals surface area contributed by atoms with Crippen LogP contribution in [-0.2, 0) is 9.59 Å². The van der Waals surface area contributed by atoms with Crippen molar-refractivity contribution < 1.29 is 14.7 Å². The van der Waals surface area contributed by atoms with E-state index in [2.05, 4.69) is 13.5 Å². The molecule has 0 aromatic carbocycles. The lowest BCUT2D eigenvalue weighted by atomic mass is 10.0. The van der Waals surface area contributed by atoms with Crippen molar-refractivity contribution in [2.45, 2.75) is 104 Å². The molecule has 0 radical (unpaired) electrons.